The molecule has 0 aromatic heterocycles. The number of aryl methyl sites for hydroxylation is 2. The minimum atomic E-state index is -0.0180. The van der Waals surface area contributed by atoms with Gasteiger partial charge in [-0.1, -0.05) is 36.4 Å². The van der Waals surface area contributed by atoms with Crippen LogP contribution < -0.4 is 0 Å². The van der Waals surface area contributed by atoms with E-state index < -0.39 is 0 Å². The van der Waals surface area contributed by atoms with E-state index in [4.69, 9.17) is 0 Å². The fourth-order valence-electron chi connectivity index (χ4n) is 1.76. The molecule has 2 aromatic rings. The summed E-state index contributed by atoms with van der Waals surface area (Å²) in [6, 6.07) is 12.3. The molecule has 0 radical (unpaired) electrons. The zero-order chi connectivity index (χ0) is 13.1. The van der Waals surface area contributed by atoms with Gasteiger partial charge >= 0.3 is 0 Å². The normalized spacial score (nSPS) is 10.1. The summed E-state index contributed by atoms with van der Waals surface area (Å²) >= 11 is 0. The van der Waals surface area contributed by atoms with Crippen LogP contribution in [0.3, 0.4) is 0 Å². The van der Waals surface area contributed by atoms with E-state index in [1.807, 2.05) is 32.0 Å². The van der Waals surface area contributed by atoms with Crippen LogP contribution in [0.1, 0.15) is 37.4 Å². The fraction of sp³-hybridized carbons (Fsp3) is 0.125. The van der Waals surface area contributed by atoms with E-state index in [2.05, 4.69) is 0 Å². The van der Waals surface area contributed by atoms with E-state index >= 15 is 0 Å². The maximum Gasteiger partial charge on any atom is 0.193 e. The Morgan fingerprint density at radius 3 is 2.06 bits per heavy atom. The van der Waals surface area contributed by atoms with Gasteiger partial charge in [0, 0.05) is 16.7 Å². The minimum absolute atomic E-state index is 0.0180. The fourth-order valence-corrected chi connectivity index (χ4v) is 1.76. The number of ketones is 1. The van der Waals surface area contributed by atoms with Crippen LogP contribution >= 0.6 is 0 Å². The van der Waals surface area contributed by atoms with Gasteiger partial charge in [0.1, 0.15) is 6.29 Å². The predicted molar refractivity (Wildman–Crippen MR) is 71.2 cm³/mol. The Labute approximate surface area is 106 Å². The average Bonchev–Trinajstić information content (AvgIpc) is 2.41. The zero-order valence-electron chi connectivity index (χ0n) is 10.4. The summed E-state index contributed by atoms with van der Waals surface area (Å²) in [5.74, 6) is -0.0180. The highest BCUT2D eigenvalue weighted by Gasteiger charge is 2.09. The van der Waals surface area contributed by atoms with Gasteiger partial charge in [0.15, 0.2) is 5.78 Å². The van der Waals surface area contributed by atoms with E-state index in [1.165, 1.54) is 5.56 Å². The first-order valence-electron chi connectivity index (χ1n) is 5.79. The lowest BCUT2D eigenvalue weighted by atomic mass is 9.99. The molecule has 2 heteroatoms. The number of carbonyl (C=O) groups excluding carboxylic acids is 2. The van der Waals surface area contributed by atoms with E-state index in [-0.39, 0.29) is 5.78 Å². The van der Waals surface area contributed by atoms with Gasteiger partial charge < -0.3 is 0 Å². The molecule has 2 rings (SSSR count). The van der Waals surface area contributed by atoms with Crippen LogP contribution in [0.25, 0.3) is 0 Å². The van der Waals surface area contributed by atoms with Crippen LogP contribution in [0.15, 0.2) is 42.5 Å². The standard InChI is InChI=1S/C16H14O2/c1-11-3-6-15(9-12(11)2)16(18)14-7-4-13(10-17)5-8-14/h3-10H,1-2H3. The van der Waals surface area contributed by atoms with E-state index in [0.717, 1.165) is 11.8 Å². The van der Waals surface area contributed by atoms with Gasteiger partial charge in [-0.3, -0.25) is 9.59 Å². The lowest BCUT2D eigenvalue weighted by Gasteiger charge is -2.05. The molecule has 0 amide bonds. The summed E-state index contributed by atoms with van der Waals surface area (Å²) in [5.41, 5.74) is 4.13. The molecule has 0 unspecified atom stereocenters. The average molecular weight is 238 g/mol. The first kappa shape index (κ1) is 12.2. The Morgan fingerprint density at radius 2 is 1.50 bits per heavy atom. The van der Waals surface area contributed by atoms with E-state index in [0.29, 0.717) is 16.7 Å². The number of hydrogen-bond donors (Lipinski definition) is 0. The van der Waals surface area contributed by atoms with E-state index in [1.54, 1.807) is 24.3 Å². The molecule has 18 heavy (non-hydrogen) atoms. The van der Waals surface area contributed by atoms with Gasteiger partial charge in [0.05, 0.1) is 0 Å². The molecule has 0 saturated carbocycles. The van der Waals surface area contributed by atoms with Crippen LogP contribution in [-0.4, -0.2) is 12.1 Å². The summed E-state index contributed by atoms with van der Waals surface area (Å²) in [7, 11) is 0. The first-order chi connectivity index (χ1) is 8.61. The van der Waals surface area contributed by atoms with Crippen molar-refractivity contribution in [2.24, 2.45) is 0 Å². The molecule has 0 aliphatic carbocycles. The molecule has 0 saturated heterocycles. The smallest absolute Gasteiger partial charge is 0.193 e. The zero-order valence-corrected chi connectivity index (χ0v) is 10.4. The van der Waals surface area contributed by atoms with Gasteiger partial charge in [0.2, 0.25) is 0 Å². The maximum atomic E-state index is 12.2. The van der Waals surface area contributed by atoms with Gasteiger partial charge in [-0.15, -0.1) is 0 Å². The topological polar surface area (TPSA) is 34.1 Å². The van der Waals surface area contributed by atoms with Crippen molar-refractivity contribution >= 4 is 12.1 Å². The number of rotatable bonds is 3. The monoisotopic (exact) mass is 238 g/mol. The van der Waals surface area contributed by atoms with Gasteiger partial charge in [0.25, 0.3) is 0 Å². The summed E-state index contributed by atoms with van der Waals surface area (Å²) < 4.78 is 0. The number of benzene rings is 2. The van der Waals surface area contributed by atoms with Crippen LogP contribution in [0, 0.1) is 13.8 Å². The Hall–Kier alpha value is -2.22. The maximum absolute atomic E-state index is 12.2. The highest BCUT2D eigenvalue weighted by molar-refractivity contribution is 6.09. The second-order valence-electron chi connectivity index (χ2n) is 4.37. The molecular formula is C16H14O2. The third kappa shape index (κ3) is 2.38. The Kier molecular flexibility index (Phi) is 3.38. The van der Waals surface area contributed by atoms with Crippen molar-refractivity contribution < 1.29 is 9.59 Å². The van der Waals surface area contributed by atoms with Crippen molar-refractivity contribution in [1.29, 1.82) is 0 Å². The summed E-state index contributed by atoms with van der Waals surface area (Å²) in [6.45, 7) is 4.00. The lowest BCUT2D eigenvalue weighted by Crippen LogP contribution is -2.02. The second kappa shape index (κ2) is 4.96. The van der Waals surface area contributed by atoms with Gasteiger partial charge in [-0.25, -0.2) is 0 Å². The Balaban J connectivity index is 2.34. The molecule has 0 spiro atoms. The van der Waals surface area contributed by atoms with Gasteiger partial charge in [-0.05, 0) is 31.0 Å². The van der Waals surface area contributed by atoms with Crippen LogP contribution in [-0.2, 0) is 0 Å². The van der Waals surface area contributed by atoms with E-state index in [9.17, 15) is 9.59 Å². The molecule has 0 fully saturated rings. The van der Waals surface area contributed by atoms with Crippen molar-refractivity contribution in [3.8, 4) is 0 Å². The Morgan fingerprint density at radius 1 is 0.889 bits per heavy atom. The third-order valence-corrected chi connectivity index (χ3v) is 3.08. The molecule has 2 nitrogen and oxygen atoms in total. The number of carbonyl (C=O) groups is 2. The number of hydrogen-bond acceptors (Lipinski definition) is 2. The quantitative estimate of drug-likeness (QED) is 0.607. The molecule has 90 valence electrons. The lowest BCUT2D eigenvalue weighted by molar-refractivity contribution is 0.103. The highest BCUT2D eigenvalue weighted by atomic mass is 16.1. The third-order valence-electron chi connectivity index (χ3n) is 3.08. The first-order valence-corrected chi connectivity index (χ1v) is 5.79. The van der Waals surface area contributed by atoms with Crippen molar-refractivity contribution in [3.63, 3.8) is 0 Å². The van der Waals surface area contributed by atoms with Crippen LogP contribution in [0.4, 0.5) is 0 Å². The van der Waals surface area contributed by atoms with Crippen molar-refractivity contribution in [1.82, 2.24) is 0 Å². The second-order valence-corrected chi connectivity index (χ2v) is 4.37. The molecule has 0 aliphatic heterocycles. The highest BCUT2D eigenvalue weighted by Crippen LogP contribution is 2.14. The molecular weight excluding hydrogens is 224 g/mol. The van der Waals surface area contributed by atoms with Crippen LogP contribution in [0.2, 0.25) is 0 Å². The van der Waals surface area contributed by atoms with Crippen molar-refractivity contribution in [2.45, 2.75) is 13.8 Å². The van der Waals surface area contributed by atoms with Crippen molar-refractivity contribution in [3.05, 3.63) is 70.3 Å². The Bertz CT molecular complexity index is 595. The minimum Gasteiger partial charge on any atom is -0.298 e. The summed E-state index contributed by atoms with van der Waals surface area (Å²) in [4.78, 5) is 22.8. The summed E-state index contributed by atoms with van der Waals surface area (Å²) in [5, 5.41) is 0. The molecule has 0 N–H and O–H groups in total. The summed E-state index contributed by atoms with van der Waals surface area (Å²) in [6.07, 6.45) is 0.768. The largest absolute Gasteiger partial charge is 0.298 e. The molecule has 0 aliphatic rings. The molecule has 0 atom stereocenters. The predicted octanol–water partition coefficient (Wildman–Crippen LogP) is 3.35. The van der Waals surface area contributed by atoms with Gasteiger partial charge in [-0.2, -0.15) is 0 Å². The molecule has 0 heterocycles. The molecule has 2 aromatic carbocycles. The SMILES string of the molecule is Cc1ccc(C(=O)c2ccc(C=O)cc2)cc1C. The molecule has 0 bridgehead atoms. The number of aldehydes is 1. The van der Waals surface area contributed by atoms with Crippen LogP contribution in [0.5, 0.6) is 0 Å². The van der Waals surface area contributed by atoms with Crippen molar-refractivity contribution in [2.75, 3.05) is 0 Å².